The molecule has 2 aromatic rings. The quantitative estimate of drug-likeness (QED) is 0.531. The summed E-state index contributed by atoms with van der Waals surface area (Å²) in [6, 6.07) is 8.24. The van der Waals surface area contributed by atoms with Gasteiger partial charge < -0.3 is 29.2 Å². The highest BCUT2D eigenvalue weighted by molar-refractivity contribution is 5.79. The van der Waals surface area contributed by atoms with Gasteiger partial charge >= 0.3 is 5.82 Å². The summed E-state index contributed by atoms with van der Waals surface area (Å²) >= 11 is 0. The fourth-order valence-corrected chi connectivity index (χ4v) is 3.34. The van der Waals surface area contributed by atoms with Crippen LogP contribution in [-0.4, -0.2) is 48.1 Å². The Hall–Kier alpha value is -3.36. The third-order valence-corrected chi connectivity index (χ3v) is 4.64. The molecular weight excluding hydrogens is 366 g/mol. The molecule has 1 aromatic carbocycles. The molecule has 1 aliphatic rings. The van der Waals surface area contributed by atoms with Crippen molar-refractivity contribution in [3.63, 3.8) is 0 Å². The predicted octanol–water partition coefficient (Wildman–Crippen LogP) is 2.75. The fourth-order valence-electron chi connectivity index (χ4n) is 3.34. The van der Waals surface area contributed by atoms with E-state index >= 15 is 0 Å². The maximum atomic E-state index is 12.8. The fraction of sp³-hybridized carbons (Fsp3) is 0.368. The Bertz CT molecular complexity index is 872. The van der Waals surface area contributed by atoms with Crippen molar-refractivity contribution in [2.45, 2.75) is 18.9 Å². The van der Waals surface area contributed by atoms with Crippen molar-refractivity contribution < 1.29 is 23.9 Å². The first-order valence-electron chi connectivity index (χ1n) is 8.78. The summed E-state index contributed by atoms with van der Waals surface area (Å²) in [6.45, 7) is 0.262. The molecule has 0 radical (unpaired) electrons. The van der Waals surface area contributed by atoms with Crippen LogP contribution >= 0.6 is 0 Å². The van der Waals surface area contributed by atoms with Gasteiger partial charge in [0.2, 0.25) is 5.75 Å². The second-order valence-electron chi connectivity index (χ2n) is 6.22. The number of pyridine rings is 1. The summed E-state index contributed by atoms with van der Waals surface area (Å²) < 4.78 is 16.2. The molecule has 0 saturated carbocycles. The summed E-state index contributed by atoms with van der Waals surface area (Å²) in [5, 5.41) is 11.0. The molecule has 3 rings (SSSR count). The van der Waals surface area contributed by atoms with Gasteiger partial charge in [0.05, 0.1) is 20.3 Å². The van der Waals surface area contributed by atoms with Crippen molar-refractivity contribution in [1.82, 2.24) is 9.88 Å². The molecule has 148 valence electrons. The molecule has 1 aliphatic heterocycles. The average molecular weight is 387 g/mol. The van der Waals surface area contributed by atoms with Gasteiger partial charge in [-0.25, -0.2) is 0 Å². The Balaban J connectivity index is 1.76. The van der Waals surface area contributed by atoms with E-state index in [-0.39, 0.29) is 24.3 Å². The van der Waals surface area contributed by atoms with Crippen LogP contribution in [0.3, 0.4) is 0 Å². The third-order valence-electron chi connectivity index (χ3n) is 4.64. The molecule has 0 N–H and O–H groups in total. The van der Waals surface area contributed by atoms with Crippen LogP contribution in [0.4, 0.5) is 5.82 Å². The Morgan fingerprint density at radius 1 is 1.29 bits per heavy atom. The lowest BCUT2D eigenvalue weighted by molar-refractivity contribution is -0.390. The van der Waals surface area contributed by atoms with Gasteiger partial charge in [-0.3, -0.25) is 4.79 Å². The van der Waals surface area contributed by atoms with E-state index in [0.717, 1.165) is 18.4 Å². The second-order valence-corrected chi connectivity index (χ2v) is 6.22. The second kappa shape index (κ2) is 8.55. The van der Waals surface area contributed by atoms with E-state index in [2.05, 4.69) is 4.98 Å². The minimum Gasteiger partial charge on any atom is -0.497 e. The highest BCUT2D eigenvalue weighted by atomic mass is 16.6. The number of amides is 1. The number of ether oxygens (including phenoxy) is 3. The Morgan fingerprint density at radius 3 is 2.82 bits per heavy atom. The van der Waals surface area contributed by atoms with Crippen molar-refractivity contribution in [2.24, 2.45) is 0 Å². The predicted molar refractivity (Wildman–Crippen MR) is 99.6 cm³/mol. The van der Waals surface area contributed by atoms with Crippen LogP contribution in [0.2, 0.25) is 0 Å². The van der Waals surface area contributed by atoms with Gasteiger partial charge in [0.15, 0.2) is 6.61 Å². The number of hydrogen-bond donors (Lipinski definition) is 0. The molecule has 0 unspecified atom stereocenters. The lowest BCUT2D eigenvalue weighted by Gasteiger charge is -2.26. The molecule has 9 heteroatoms. The van der Waals surface area contributed by atoms with E-state index < -0.39 is 10.7 Å². The standard InChI is InChI=1S/C19H21N3O6/c1-26-13-7-8-16(27-2)14(11-13)15-5-4-10-21(15)18(23)12-28-17-6-3-9-20-19(17)22(24)25/h3,6-9,11,15H,4-5,10,12H2,1-2H3/t15-/m0/s1. The van der Waals surface area contributed by atoms with Crippen LogP contribution < -0.4 is 14.2 Å². The highest BCUT2D eigenvalue weighted by Gasteiger charge is 2.32. The van der Waals surface area contributed by atoms with Gasteiger partial charge in [0.1, 0.15) is 17.7 Å². The summed E-state index contributed by atoms with van der Waals surface area (Å²) in [5.41, 5.74) is 0.861. The molecule has 0 bridgehead atoms. The number of carbonyl (C=O) groups excluding carboxylic acids is 1. The SMILES string of the molecule is COc1ccc(OC)c([C@@H]2CCCN2C(=O)COc2cccnc2[N+](=O)[O-])c1. The molecule has 1 saturated heterocycles. The molecule has 1 amide bonds. The monoisotopic (exact) mass is 387 g/mol. The van der Waals surface area contributed by atoms with E-state index in [4.69, 9.17) is 14.2 Å². The number of rotatable bonds is 7. The maximum Gasteiger partial charge on any atom is 0.406 e. The molecule has 0 aliphatic carbocycles. The number of likely N-dealkylation sites (tertiary alicyclic amines) is 1. The van der Waals surface area contributed by atoms with Crippen molar-refractivity contribution in [2.75, 3.05) is 27.4 Å². The zero-order valence-electron chi connectivity index (χ0n) is 15.7. The summed E-state index contributed by atoms with van der Waals surface area (Å²) in [7, 11) is 3.16. The minimum absolute atomic E-state index is 0.0319. The van der Waals surface area contributed by atoms with Gasteiger partial charge in [-0.1, -0.05) is 0 Å². The number of hydrogen-bond acceptors (Lipinski definition) is 7. The number of methoxy groups -OCH3 is 2. The first-order chi connectivity index (χ1) is 13.5. The number of benzene rings is 1. The van der Waals surface area contributed by atoms with Crippen LogP contribution in [0.25, 0.3) is 0 Å². The highest BCUT2D eigenvalue weighted by Crippen LogP contribution is 2.39. The van der Waals surface area contributed by atoms with Crippen LogP contribution in [-0.2, 0) is 4.79 Å². The Labute approximate surface area is 162 Å². The molecule has 1 fully saturated rings. The van der Waals surface area contributed by atoms with Gasteiger partial charge in [-0.15, -0.1) is 0 Å². The van der Waals surface area contributed by atoms with Gasteiger partial charge in [-0.2, -0.15) is 0 Å². The molecule has 2 heterocycles. The number of aromatic nitrogens is 1. The molecular formula is C19H21N3O6. The zero-order valence-corrected chi connectivity index (χ0v) is 15.7. The van der Waals surface area contributed by atoms with Crippen molar-refractivity contribution in [3.8, 4) is 17.2 Å². The topological polar surface area (TPSA) is 104 Å². The molecule has 1 aromatic heterocycles. The molecule has 9 nitrogen and oxygen atoms in total. The van der Waals surface area contributed by atoms with Gasteiger partial charge in [0, 0.05) is 12.1 Å². The summed E-state index contributed by atoms with van der Waals surface area (Å²) in [6.07, 6.45) is 2.92. The molecule has 28 heavy (non-hydrogen) atoms. The Morgan fingerprint density at radius 2 is 2.11 bits per heavy atom. The first kappa shape index (κ1) is 19.4. The smallest absolute Gasteiger partial charge is 0.406 e. The molecule has 1 atom stereocenters. The van der Waals surface area contributed by atoms with E-state index in [1.165, 1.54) is 18.3 Å². The van der Waals surface area contributed by atoms with Crippen molar-refractivity contribution in [1.29, 1.82) is 0 Å². The lowest BCUT2D eigenvalue weighted by Crippen LogP contribution is -2.34. The Kier molecular flexibility index (Phi) is 5.93. The van der Waals surface area contributed by atoms with Crippen LogP contribution in [0.5, 0.6) is 17.2 Å². The largest absolute Gasteiger partial charge is 0.497 e. The summed E-state index contributed by atoms with van der Waals surface area (Å²) in [4.78, 5) is 28.6. The zero-order chi connectivity index (χ0) is 20.1. The lowest BCUT2D eigenvalue weighted by atomic mass is 10.0. The molecule has 0 spiro atoms. The van der Waals surface area contributed by atoms with Gasteiger partial charge in [-0.05, 0) is 53.1 Å². The normalized spacial score (nSPS) is 15.9. The minimum atomic E-state index is -0.639. The average Bonchev–Trinajstić information content (AvgIpc) is 3.21. The third kappa shape index (κ3) is 3.98. The van der Waals surface area contributed by atoms with E-state index in [1.54, 1.807) is 25.2 Å². The van der Waals surface area contributed by atoms with E-state index in [0.29, 0.717) is 18.0 Å². The van der Waals surface area contributed by atoms with E-state index in [9.17, 15) is 14.9 Å². The van der Waals surface area contributed by atoms with Crippen molar-refractivity contribution >= 4 is 11.7 Å². The van der Waals surface area contributed by atoms with Crippen LogP contribution in [0.1, 0.15) is 24.4 Å². The first-order valence-corrected chi connectivity index (χ1v) is 8.78. The maximum absolute atomic E-state index is 12.8. The number of nitrogens with zero attached hydrogens (tertiary/aromatic N) is 3. The van der Waals surface area contributed by atoms with Crippen molar-refractivity contribution in [3.05, 3.63) is 52.2 Å². The van der Waals surface area contributed by atoms with Crippen LogP contribution in [0, 0.1) is 10.1 Å². The number of carbonyl (C=O) groups is 1. The number of nitro groups is 1. The summed E-state index contributed by atoms with van der Waals surface area (Å²) in [5.74, 6) is 0.649. The van der Waals surface area contributed by atoms with E-state index in [1.807, 2.05) is 12.1 Å². The van der Waals surface area contributed by atoms with Gasteiger partial charge in [0.25, 0.3) is 5.91 Å². The van der Waals surface area contributed by atoms with Crippen LogP contribution in [0.15, 0.2) is 36.5 Å².